The fourth-order valence-corrected chi connectivity index (χ4v) is 1.63. The van der Waals surface area contributed by atoms with E-state index in [-0.39, 0.29) is 0 Å². The van der Waals surface area contributed by atoms with Crippen LogP contribution in [-0.2, 0) is 24.1 Å². The first-order valence-electron chi connectivity index (χ1n) is 7.51. The third-order valence-electron chi connectivity index (χ3n) is 2.28. The Morgan fingerprint density at radius 3 is 1.86 bits per heavy atom. The number of nitrogens with one attached hydrogen (secondary N) is 1. The van der Waals surface area contributed by atoms with E-state index in [2.05, 4.69) is 5.32 Å². The van der Waals surface area contributed by atoms with Gasteiger partial charge in [0.25, 0.3) is 0 Å². The minimum Gasteiger partial charge on any atom is -0.455 e. The lowest BCUT2D eigenvalue weighted by Crippen LogP contribution is -2.45. The van der Waals surface area contributed by atoms with E-state index >= 15 is 0 Å². The number of hydrogen-bond donors (Lipinski definition) is 1. The zero-order chi connectivity index (χ0) is 17.8. The summed E-state index contributed by atoms with van der Waals surface area (Å²) in [7, 11) is 0. The molecule has 6 nitrogen and oxygen atoms in total. The van der Waals surface area contributed by atoms with Crippen LogP contribution in [0.1, 0.15) is 68.7 Å². The van der Waals surface area contributed by atoms with Crippen molar-refractivity contribution >= 4 is 11.9 Å². The molecule has 0 aliphatic carbocycles. The Kier molecular flexibility index (Phi) is 7.03. The van der Waals surface area contributed by atoms with Crippen molar-refractivity contribution in [3.8, 4) is 0 Å². The fourth-order valence-electron chi connectivity index (χ4n) is 1.63. The van der Waals surface area contributed by atoms with Crippen molar-refractivity contribution in [2.75, 3.05) is 0 Å². The van der Waals surface area contributed by atoms with Crippen LogP contribution in [0.2, 0.25) is 0 Å². The van der Waals surface area contributed by atoms with Gasteiger partial charge in [0.05, 0.1) is 5.60 Å². The van der Waals surface area contributed by atoms with Gasteiger partial charge in [0.1, 0.15) is 11.7 Å². The van der Waals surface area contributed by atoms with Crippen LogP contribution < -0.4 is 5.32 Å². The molecule has 0 radical (unpaired) electrons. The van der Waals surface area contributed by atoms with Crippen LogP contribution in [0.15, 0.2) is 0 Å². The summed E-state index contributed by atoms with van der Waals surface area (Å²) >= 11 is 0. The van der Waals surface area contributed by atoms with Crippen molar-refractivity contribution in [3.05, 3.63) is 0 Å². The molecular formula is C16H31NO5. The molecule has 0 saturated carbocycles. The second-order valence-corrected chi connectivity index (χ2v) is 8.16. The summed E-state index contributed by atoms with van der Waals surface area (Å²) in [5, 5.41) is 2.56. The summed E-state index contributed by atoms with van der Waals surface area (Å²) in [5.41, 5.74) is -1.56. The minimum atomic E-state index is -0.894. The summed E-state index contributed by atoms with van der Waals surface area (Å²) in [6.45, 7) is 16.4. The van der Waals surface area contributed by atoms with Crippen molar-refractivity contribution in [2.24, 2.45) is 0 Å². The first-order valence-corrected chi connectivity index (χ1v) is 7.51. The maximum Gasteiger partial charge on any atom is 0.397 e. The van der Waals surface area contributed by atoms with Gasteiger partial charge in [-0.15, -0.1) is 0 Å². The van der Waals surface area contributed by atoms with Gasteiger partial charge in [-0.2, -0.15) is 0 Å². The quantitative estimate of drug-likeness (QED) is 0.365. The van der Waals surface area contributed by atoms with Gasteiger partial charge in [-0.3, -0.25) is 4.79 Å². The fraction of sp³-hybridized carbons (Fsp3) is 0.875. The summed E-state index contributed by atoms with van der Waals surface area (Å²) in [6, 6.07) is 0. The molecule has 1 N–H and O–H groups in total. The van der Waals surface area contributed by atoms with Gasteiger partial charge in [0.15, 0.2) is 0 Å². The monoisotopic (exact) mass is 317 g/mol. The third-order valence-corrected chi connectivity index (χ3v) is 2.28. The molecule has 22 heavy (non-hydrogen) atoms. The van der Waals surface area contributed by atoms with E-state index in [1.54, 1.807) is 27.7 Å². The van der Waals surface area contributed by atoms with Crippen molar-refractivity contribution in [3.63, 3.8) is 0 Å². The second kappa shape index (κ2) is 7.42. The van der Waals surface area contributed by atoms with Gasteiger partial charge in [0, 0.05) is 12.0 Å². The van der Waals surface area contributed by atoms with Gasteiger partial charge < -0.3 is 10.1 Å². The van der Waals surface area contributed by atoms with Gasteiger partial charge in [0.2, 0.25) is 0 Å². The number of ether oxygens (including phenoxy) is 1. The van der Waals surface area contributed by atoms with Crippen LogP contribution in [-0.4, -0.2) is 34.7 Å². The highest BCUT2D eigenvalue weighted by Gasteiger charge is 2.29. The average molecular weight is 317 g/mol. The summed E-state index contributed by atoms with van der Waals surface area (Å²) in [6.07, 6.45) is -0.0748. The minimum absolute atomic E-state index is 0.400. The first-order chi connectivity index (χ1) is 9.61. The van der Waals surface area contributed by atoms with E-state index in [1.165, 1.54) is 0 Å². The van der Waals surface area contributed by atoms with E-state index < -0.39 is 34.7 Å². The van der Waals surface area contributed by atoms with Crippen molar-refractivity contribution in [2.45, 2.75) is 91.6 Å². The summed E-state index contributed by atoms with van der Waals surface area (Å²) in [4.78, 5) is 34.1. The second-order valence-electron chi connectivity index (χ2n) is 8.16. The van der Waals surface area contributed by atoms with E-state index in [4.69, 9.17) is 14.5 Å². The van der Waals surface area contributed by atoms with Crippen LogP contribution >= 0.6 is 0 Å². The average Bonchev–Trinajstić information content (AvgIpc) is 2.22. The Labute approximate surface area is 133 Å². The number of esters is 1. The van der Waals surface area contributed by atoms with Gasteiger partial charge in [-0.1, -0.05) is 0 Å². The van der Waals surface area contributed by atoms with E-state index in [1.807, 2.05) is 34.6 Å². The molecule has 0 saturated heterocycles. The lowest BCUT2D eigenvalue weighted by Gasteiger charge is -2.30. The highest BCUT2D eigenvalue weighted by molar-refractivity contribution is 6.32. The number of hydrogen-bond acceptors (Lipinski definition) is 5. The normalized spacial score (nSPS) is 14.4. The van der Waals surface area contributed by atoms with Crippen LogP contribution in [0.4, 0.5) is 0 Å². The smallest absolute Gasteiger partial charge is 0.397 e. The Morgan fingerprint density at radius 2 is 1.45 bits per heavy atom. The Balaban J connectivity index is 4.40. The molecule has 0 aromatic heterocycles. The molecule has 130 valence electrons. The van der Waals surface area contributed by atoms with Crippen molar-refractivity contribution in [1.82, 2.24) is 5.32 Å². The molecule has 0 aromatic carbocycles. The van der Waals surface area contributed by atoms with Gasteiger partial charge in [-0.05, 0) is 62.3 Å². The number of carbonyl (C=O) groups is 2. The topological polar surface area (TPSA) is 73.9 Å². The van der Waals surface area contributed by atoms with E-state index in [0.717, 1.165) is 0 Å². The molecule has 0 heterocycles. The molecule has 1 unspecified atom stereocenters. The highest BCUT2D eigenvalue weighted by atomic mass is 17.2. The maximum absolute atomic E-state index is 11.7. The zero-order valence-corrected chi connectivity index (χ0v) is 15.3. The molecular weight excluding hydrogens is 286 g/mol. The Bertz CT molecular complexity index is 390. The molecule has 0 aliphatic heterocycles. The molecule has 1 atom stereocenters. The molecule has 0 rings (SSSR count). The molecule has 1 amide bonds. The molecule has 0 aliphatic rings. The summed E-state index contributed by atoms with van der Waals surface area (Å²) in [5.74, 6) is -1.64. The Morgan fingerprint density at radius 1 is 0.955 bits per heavy atom. The number of carbonyl (C=O) groups excluding carboxylic acids is 2. The third kappa shape index (κ3) is 10.6. The van der Waals surface area contributed by atoms with Crippen molar-refractivity contribution in [1.29, 1.82) is 0 Å². The van der Waals surface area contributed by atoms with Crippen LogP contribution in [0.25, 0.3) is 0 Å². The largest absolute Gasteiger partial charge is 0.455 e. The zero-order valence-electron chi connectivity index (χ0n) is 15.3. The Hall–Kier alpha value is -1.14. The molecule has 0 bridgehead atoms. The lowest BCUT2D eigenvalue weighted by molar-refractivity contribution is -0.399. The van der Waals surface area contributed by atoms with Gasteiger partial charge in [-0.25, -0.2) is 14.6 Å². The molecule has 0 fully saturated rings. The van der Waals surface area contributed by atoms with Crippen LogP contribution in [0.3, 0.4) is 0 Å². The molecule has 0 spiro atoms. The highest BCUT2D eigenvalue weighted by Crippen LogP contribution is 2.22. The van der Waals surface area contributed by atoms with Gasteiger partial charge >= 0.3 is 11.9 Å². The predicted molar refractivity (Wildman–Crippen MR) is 84.1 cm³/mol. The first kappa shape index (κ1) is 20.9. The molecule has 6 heteroatoms. The number of amides is 1. The maximum atomic E-state index is 11.7. The number of rotatable bonds is 5. The van der Waals surface area contributed by atoms with Crippen LogP contribution in [0, 0.1) is 0 Å². The molecule has 0 aromatic rings. The van der Waals surface area contributed by atoms with Crippen LogP contribution in [0.5, 0.6) is 0 Å². The lowest BCUT2D eigenvalue weighted by atomic mass is 10.0. The van der Waals surface area contributed by atoms with E-state index in [9.17, 15) is 9.59 Å². The standard InChI is InChI=1S/C16H31NO5/c1-11(10-16(8,9)22-21-15(5,6)7)20-13(19)12(18)17-14(2,3)4/h11H,10H2,1-9H3,(H,17,18). The SMILES string of the molecule is CC(CC(C)(C)OOC(C)(C)C)OC(=O)C(=O)NC(C)(C)C. The predicted octanol–water partition coefficient (Wildman–Crippen LogP) is 2.75. The van der Waals surface area contributed by atoms with E-state index in [0.29, 0.717) is 6.42 Å². The van der Waals surface area contributed by atoms with Crippen molar-refractivity contribution < 1.29 is 24.1 Å². The summed E-state index contributed by atoms with van der Waals surface area (Å²) < 4.78 is 5.14.